The van der Waals surface area contributed by atoms with Crippen LogP contribution in [0.25, 0.3) is 0 Å². The molecule has 4 heteroatoms. The number of hydrogen-bond donors (Lipinski definition) is 1. The summed E-state index contributed by atoms with van der Waals surface area (Å²) < 4.78 is 5.15. The third-order valence-corrected chi connectivity index (χ3v) is 2.17. The van der Waals surface area contributed by atoms with Crippen LogP contribution in [0.1, 0.15) is 16.1 Å². The van der Waals surface area contributed by atoms with Gasteiger partial charge in [-0.15, -0.1) is 0 Å². The standard InChI is InChI=1S/C12H11NO3/c14-12(15)9-3-5-10(6-4-9)13-8-11-2-1-7-16-11/h1-7,13H,8H2,(H,14,15)/p-1. The van der Waals surface area contributed by atoms with Gasteiger partial charge in [0.1, 0.15) is 5.76 Å². The van der Waals surface area contributed by atoms with Gasteiger partial charge in [-0.05, 0) is 29.8 Å². The van der Waals surface area contributed by atoms with Crippen LogP contribution in [0.4, 0.5) is 5.69 Å². The number of carboxylic acid groups (broad SMARTS) is 1. The molecule has 0 saturated carbocycles. The topological polar surface area (TPSA) is 65.3 Å². The maximum absolute atomic E-state index is 10.5. The predicted molar refractivity (Wildman–Crippen MR) is 56.8 cm³/mol. The molecule has 0 aliphatic heterocycles. The average Bonchev–Trinajstić information content (AvgIpc) is 2.80. The Labute approximate surface area is 92.5 Å². The first-order chi connectivity index (χ1) is 7.75. The number of carbonyl (C=O) groups excluding carboxylic acids is 1. The highest BCUT2D eigenvalue weighted by Gasteiger charge is 1.97. The van der Waals surface area contributed by atoms with Crippen molar-refractivity contribution in [2.24, 2.45) is 0 Å². The third-order valence-electron chi connectivity index (χ3n) is 2.17. The Morgan fingerprint density at radius 2 is 2.00 bits per heavy atom. The molecule has 0 amide bonds. The summed E-state index contributed by atoms with van der Waals surface area (Å²) in [6, 6.07) is 10.1. The summed E-state index contributed by atoms with van der Waals surface area (Å²) >= 11 is 0. The van der Waals surface area contributed by atoms with Gasteiger partial charge >= 0.3 is 0 Å². The Kier molecular flexibility index (Phi) is 2.91. The van der Waals surface area contributed by atoms with Crippen LogP contribution < -0.4 is 10.4 Å². The number of anilines is 1. The van der Waals surface area contributed by atoms with E-state index in [0.717, 1.165) is 11.4 Å². The van der Waals surface area contributed by atoms with Gasteiger partial charge in [0.2, 0.25) is 0 Å². The fourth-order valence-corrected chi connectivity index (χ4v) is 1.33. The van der Waals surface area contributed by atoms with Crippen molar-refractivity contribution < 1.29 is 14.3 Å². The molecule has 0 aliphatic rings. The van der Waals surface area contributed by atoms with Gasteiger partial charge in [-0.25, -0.2) is 0 Å². The van der Waals surface area contributed by atoms with E-state index < -0.39 is 5.97 Å². The molecule has 0 bridgehead atoms. The minimum absolute atomic E-state index is 0.170. The van der Waals surface area contributed by atoms with E-state index in [4.69, 9.17) is 4.42 Å². The van der Waals surface area contributed by atoms with Gasteiger partial charge in [0.05, 0.1) is 18.8 Å². The van der Waals surface area contributed by atoms with E-state index in [9.17, 15) is 9.90 Å². The van der Waals surface area contributed by atoms with Crippen LogP contribution in [0.3, 0.4) is 0 Å². The molecule has 1 heterocycles. The highest BCUT2D eigenvalue weighted by atomic mass is 16.4. The molecule has 0 radical (unpaired) electrons. The Hall–Kier alpha value is -2.23. The van der Waals surface area contributed by atoms with Gasteiger partial charge in [0.25, 0.3) is 0 Å². The fraction of sp³-hybridized carbons (Fsp3) is 0.0833. The molecule has 2 aromatic rings. The molecule has 1 aromatic heterocycles. The summed E-state index contributed by atoms with van der Waals surface area (Å²) in [6.07, 6.45) is 1.61. The number of benzene rings is 1. The van der Waals surface area contributed by atoms with Crippen molar-refractivity contribution in [2.75, 3.05) is 5.32 Å². The first-order valence-electron chi connectivity index (χ1n) is 4.83. The summed E-state index contributed by atoms with van der Waals surface area (Å²) in [4.78, 5) is 10.5. The van der Waals surface area contributed by atoms with Crippen molar-refractivity contribution in [3.8, 4) is 0 Å². The summed E-state index contributed by atoms with van der Waals surface area (Å²) in [5.41, 5.74) is 1.00. The Morgan fingerprint density at radius 1 is 1.25 bits per heavy atom. The van der Waals surface area contributed by atoms with Crippen molar-refractivity contribution in [2.45, 2.75) is 6.54 Å². The van der Waals surface area contributed by atoms with Crippen LogP contribution in [0, 0.1) is 0 Å². The third kappa shape index (κ3) is 2.42. The summed E-state index contributed by atoms with van der Waals surface area (Å²) in [7, 11) is 0. The van der Waals surface area contributed by atoms with E-state index in [-0.39, 0.29) is 5.56 Å². The van der Waals surface area contributed by atoms with Gasteiger partial charge in [-0.1, -0.05) is 12.1 Å². The van der Waals surface area contributed by atoms with E-state index in [2.05, 4.69) is 5.32 Å². The number of furan rings is 1. The molecular weight excluding hydrogens is 206 g/mol. The maximum Gasteiger partial charge on any atom is 0.122 e. The Bertz CT molecular complexity index is 460. The SMILES string of the molecule is O=C([O-])c1ccc(NCc2ccco2)cc1. The minimum atomic E-state index is -1.17. The molecule has 0 fully saturated rings. The predicted octanol–water partition coefficient (Wildman–Crippen LogP) is 1.26. The number of aromatic carboxylic acids is 1. The van der Waals surface area contributed by atoms with Crippen molar-refractivity contribution in [1.29, 1.82) is 0 Å². The maximum atomic E-state index is 10.5. The summed E-state index contributed by atoms with van der Waals surface area (Å²) in [6.45, 7) is 0.567. The van der Waals surface area contributed by atoms with E-state index in [0.29, 0.717) is 6.54 Å². The zero-order valence-electron chi connectivity index (χ0n) is 8.47. The summed E-state index contributed by atoms with van der Waals surface area (Å²) in [5.74, 6) is -0.346. The van der Waals surface area contributed by atoms with Crippen LogP contribution in [0.2, 0.25) is 0 Å². The largest absolute Gasteiger partial charge is 0.545 e. The fourth-order valence-electron chi connectivity index (χ4n) is 1.33. The molecule has 4 nitrogen and oxygen atoms in total. The Morgan fingerprint density at radius 3 is 2.56 bits per heavy atom. The monoisotopic (exact) mass is 216 g/mol. The molecule has 1 N–H and O–H groups in total. The highest BCUT2D eigenvalue weighted by molar-refractivity contribution is 5.86. The molecule has 0 spiro atoms. The lowest BCUT2D eigenvalue weighted by Crippen LogP contribution is -2.21. The van der Waals surface area contributed by atoms with Crippen LogP contribution in [0.15, 0.2) is 47.1 Å². The molecule has 0 atom stereocenters. The molecule has 16 heavy (non-hydrogen) atoms. The van der Waals surface area contributed by atoms with Crippen molar-refractivity contribution >= 4 is 11.7 Å². The van der Waals surface area contributed by atoms with Crippen LogP contribution >= 0.6 is 0 Å². The zero-order chi connectivity index (χ0) is 11.4. The zero-order valence-corrected chi connectivity index (χ0v) is 8.47. The van der Waals surface area contributed by atoms with E-state index in [1.54, 1.807) is 18.4 Å². The first-order valence-corrected chi connectivity index (χ1v) is 4.83. The molecule has 1 aromatic carbocycles. The van der Waals surface area contributed by atoms with Gasteiger partial charge in [0, 0.05) is 5.69 Å². The first kappa shape index (κ1) is 10.3. The van der Waals surface area contributed by atoms with Gasteiger partial charge in [-0.3, -0.25) is 0 Å². The van der Waals surface area contributed by atoms with Crippen LogP contribution in [-0.2, 0) is 6.54 Å². The van der Waals surface area contributed by atoms with E-state index in [1.165, 1.54) is 12.1 Å². The molecule has 0 aliphatic carbocycles. The van der Waals surface area contributed by atoms with Gasteiger partial charge in [0.15, 0.2) is 0 Å². The molecule has 0 unspecified atom stereocenters. The molecule has 2 rings (SSSR count). The van der Waals surface area contributed by atoms with E-state index in [1.807, 2.05) is 12.1 Å². The normalized spacial score (nSPS) is 10.0. The second kappa shape index (κ2) is 4.53. The summed E-state index contributed by atoms with van der Waals surface area (Å²) in [5, 5.41) is 13.6. The van der Waals surface area contributed by atoms with Crippen LogP contribution in [-0.4, -0.2) is 5.97 Å². The molecular formula is C12H10NO3-. The quantitative estimate of drug-likeness (QED) is 0.835. The average molecular weight is 216 g/mol. The van der Waals surface area contributed by atoms with E-state index >= 15 is 0 Å². The van der Waals surface area contributed by atoms with Crippen molar-refractivity contribution in [3.63, 3.8) is 0 Å². The van der Waals surface area contributed by atoms with Gasteiger partial charge < -0.3 is 19.6 Å². The number of carbonyl (C=O) groups is 1. The minimum Gasteiger partial charge on any atom is -0.545 e. The lowest BCUT2D eigenvalue weighted by molar-refractivity contribution is -0.255. The second-order valence-corrected chi connectivity index (χ2v) is 3.30. The lowest BCUT2D eigenvalue weighted by Gasteiger charge is -2.06. The number of carboxylic acids is 1. The second-order valence-electron chi connectivity index (χ2n) is 3.30. The highest BCUT2D eigenvalue weighted by Crippen LogP contribution is 2.11. The number of rotatable bonds is 4. The molecule has 82 valence electrons. The van der Waals surface area contributed by atoms with Crippen molar-refractivity contribution in [3.05, 3.63) is 54.0 Å². The Balaban J connectivity index is 1.98. The van der Waals surface area contributed by atoms with Crippen molar-refractivity contribution in [1.82, 2.24) is 0 Å². The number of nitrogens with one attached hydrogen (secondary N) is 1. The lowest BCUT2D eigenvalue weighted by atomic mass is 10.2. The smallest absolute Gasteiger partial charge is 0.122 e. The van der Waals surface area contributed by atoms with Gasteiger partial charge in [-0.2, -0.15) is 0 Å². The van der Waals surface area contributed by atoms with Crippen LogP contribution in [0.5, 0.6) is 0 Å². The number of hydrogen-bond acceptors (Lipinski definition) is 4. The molecule has 0 saturated heterocycles.